The summed E-state index contributed by atoms with van der Waals surface area (Å²) in [5.74, 6) is 1.15. The number of anilines is 2. The van der Waals surface area contributed by atoms with E-state index < -0.39 is 38.7 Å². The van der Waals surface area contributed by atoms with Gasteiger partial charge in [-0.15, -0.1) is 0 Å². The van der Waals surface area contributed by atoms with Crippen molar-refractivity contribution in [2.75, 3.05) is 70.6 Å². The second kappa shape index (κ2) is 21.0. The summed E-state index contributed by atoms with van der Waals surface area (Å²) < 4.78 is 48.0. The van der Waals surface area contributed by atoms with Gasteiger partial charge in [0.1, 0.15) is 19.0 Å². The lowest BCUT2D eigenvalue weighted by atomic mass is 10.0. The first-order valence-electron chi connectivity index (χ1n) is 23.4. The number of hydrogen-bond donors (Lipinski definition) is 1. The number of carbonyl (C=O) groups is 4. The van der Waals surface area contributed by atoms with Crippen molar-refractivity contribution < 1.29 is 56.8 Å². The monoisotopic (exact) mass is 966 g/mol. The van der Waals surface area contributed by atoms with Crippen LogP contribution in [0.15, 0.2) is 80.0 Å². The number of carbonyl (C=O) groups excluding carboxylic acids is 4. The van der Waals surface area contributed by atoms with Crippen LogP contribution < -0.4 is 38.8 Å². The van der Waals surface area contributed by atoms with Crippen LogP contribution in [-0.2, 0) is 13.9 Å². The SMILES string of the molecule is C=CCOC(=O)N1CCC/C(c2cccc(OC)c2)=C\NC(=O)c2cc(OC)c(OCCCOc3cc4c(cc3OC)C(=O)N3CC5(CC5)C[C@H]3C(O[Si](C)(C)C(C)(C)C)N4C(=O)OCC=C)cc21. The first-order chi connectivity index (χ1) is 33.0. The molecule has 1 unspecified atom stereocenters. The summed E-state index contributed by atoms with van der Waals surface area (Å²) >= 11 is 0. The Morgan fingerprint density at radius 3 is 2.09 bits per heavy atom. The average molecular weight is 967 g/mol. The summed E-state index contributed by atoms with van der Waals surface area (Å²) in [6.07, 6.45) is 6.66. The van der Waals surface area contributed by atoms with Crippen molar-refractivity contribution in [1.82, 2.24) is 10.2 Å². The molecular formula is C52H66N4O12Si. The first kappa shape index (κ1) is 50.4. The van der Waals surface area contributed by atoms with Gasteiger partial charge in [0.05, 0.1) is 63.1 Å². The minimum absolute atomic E-state index is 0.00522. The highest BCUT2D eigenvalue weighted by Crippen LogP contribution is 2.58. The van der Waals surface area contributed by atoms with Crippen LogP contribution in [0.1, 0.15) is 85.6 Å². The molecule has 4 amide bonds. The number of hydrogen-bond acceptors (Lipinski definition) is 12. The number of amides is 4. The van der Waals surface area contributed by atoms with Crippen LogP contribution in [-0.4, -0.2) is 110 Å². The number of nitrogens with zero attached hydrogens (tertiary/aromatic N) is 3. The Morgan fingerprint density at radius 2 is 1.48 bits per heavy atom. The summed E-state index contributed by atoms with van der Waals surface area (Å²) in [5, 5.41) is 2.71. The maximum atomic E-state index is 14.7. The van der Waals surface area contributed by atoms with Crippen molar-refractivity contribution in [2.45, 2.75) is 89.7 Å². The van der Waals surface area contributed by atoms with E-state index >= 15 is 0 Å². The molecule has 0 aromatic heterocycles. The Kier molecular flexibility index (Phi) is 15.4. The molecule has 2 atom stereocenters. The van der Waals surface area contributed by atoms with Gasteiger partial charge in [-0.25, -0.2) is 14.5 Å². The summed E-state index contributed by atoms with van der Waals surface area (Å²) in [5.41, 5.74) is 2.75. The predicted molar refractivity (Wildman–Crippen MR) is 265 cm³/mol. The van der Waals surface area contributed by atoms with Gasteiger partial charge in [0, 0.05) is 37.8 Å². The Balaban J connectivity index is 1.15. The number of rotatable bonds is 16. The Morgan fingerprint density at radius 1 is 0.841 bits per heavy atom. The van der Waals surface area contributed by atoms with Crippen LogP contribution in [0.4, 0.5) is 21.0 Å². The second-order valence-corrected chi connectivity index (χ2v) is 24.1. The predicted octanol–water partition coefficient (Wildman–Crippen LogP) is 9.74. The molecule has 1 saturated carbocycles. The smallest absolute Gasteiger partial charge is 0.416 e. The number of methoxy groups -OCH3 is 3. The molecule has 16 nitrogen and oxygen atoms in total. The van der Waals surface area contributed by atoms with E-state index in [2.05, 4.69) is 52.3 Å². The summed E-state index contributed by atoms with van der Waals surface area (Å²) in [6.45, 7) is 19.1. The van der Waals surface area contributed by atoms with Crippen LogP contribution in [0.25, 0.3) is 5.57 Å². The van der Waals surface area contributed by atoms with Crippen LogP contribution in [0.5, 0.6) is 28.7 Å². The quantitative estimate of drug-likeness (QED) is 0.0823. The van der Waals surface area contributed by atoms with Gasteiger partial charge in [-0.1, -0.05) is 58.2 Å². The van der Waals surface area contributed by atoms with Crippen molar-refractivity contribution >= 4 is 49.3 Å². The topological polar surface area (TPSA) is 164 Å². The van der Waals surface area contributed by atoms with Crippen molar-refractivity contribution in [3.63, 3.8) is 0 Å². The minimum atomic E-state index is -2.55. The number of nitrogens with one attached hydrogen (secondary N) is 1. The molecular weight excluding hydrogens is 901 g/mol. The molecule has 1 saturated heterocycles. The van der Waals surface area contributed by atoms with Gasteiger partial charge in [-0.3, -0.25) is 14.5 Å². The third-order valence-corrected chi connectivity index (χ3v) is 18.1. The highest BCUT2D eigenvalue weighted by molar-refractivity contribution is 6.74. The lowest BCUT2D eigenvalue weighted by Crippen LogP contribution is -2.58. The fourth-order valence-electron chi connectivity index (χ4n) is 8.73. The Hall–Kier alpha value is -6.46. The normalized spacial score (nSPS) is 19.4. The second-order valence-electron chi connectivity index (χ2n) is 19.3. The molecule has 4 aliphatic rings. The molecule has 1 N–H and O–H groups in total. The van der Waals surface area contributed by atoms with Crippen LogP contribution in [0.3, 0.4) is 0 Å². The molecule has 7 rings (SSSR count). The highest BCUT2D eigenvalue weighted by Gasteiger charge is 2.59. The van der Waals surface area contributed by atoms with E-state index in [1.54, 1.807) is 31.5 Å². The average Bonchev–Trinajstić information content (AvgIpc) is 4.00. The van der Waals surface area contributed by atoms with E-state index in [9.17, 15) is 19.2 Å². The third kappa shape index (κ3) is 10.9. The zero-order valence-corrected chi connectivity index (χ0v) is 42.1. The number of ether oxygens (including phenoxy) is 7. The molecule has 17 heteroatoms. The fraction of sp³-hybridized carbons (Fsp3) is 0.462. The minimum Gasteiger partial charge on any atom is -0.497 e. The van der Waals surface area contributed by atoms with Crippen molar-refractivity contribution in [1.29, 1.82) is 0 Å². The highest BCUT2D eigenvalue weighted by atomic mass is 28.4. The Bertz CT molecular complexity index is 2480. The standard InChI is InChI=1S/C52H66N4O12Si/c1-11-22-66-49(59)54-21-14-17-35(34-16-13-18-36(26-34)61-6)32-53-46(57)37-27-42(62-7)44(29-39(37)54)64-24-15-25-65-45-30-40-38(28-43(45)63-8)47(58)55-33-52(19-20-52)31-41(55)48(56(40)50(60)67-23-12-2)68-69(9,10)51(3,4)5/h11-13,16,18,26-30,32,41,48H,1-2,14-15,17,19-25,31,33H2,3-10H3,(H,53,57)/b35-32+/t41-,48?/m0/s1. The zero-order valence-electron chi connectivity index (χ0n) is 41.1. The van der Waals surface area contributed by atoms with Crippen molar-refractivity contribution in [2.24, 2.45) is 5.41 Å². The van der Waals surface area contributed by atoms with Gasteiger partial charge in [-0.2, -0.15) is 0 Å². The van der Waals surface area contributed by atoms with Gasteiger partial charge in [0.2, 0.25) is 0 Å². The molecule has 3 heterocycles. The zero-order chi connectivity index (χ0) is 49.7. The summed E-state index contributed by atoms with van der Waals surface area (Å²) in [4.78, 5) is 61.4. The van der Waals surface area contributed by atoms with Crippen LogP contribution >= 0.6 is 0 Å². The molecule has 3 aromatic carbocycles. The molecule has 69 heavy (non-hydrogen) atoms. The van der Waals surface area contributed by atoms with Crippen LogP contribution in [0, 0.1) is 5.41 Å². The van der Waals surface area contributed by atoms with Gasteiger partial charge in [-0.05, 0) is 91.1 Å². The molecule has 1 spiro atoms. The van der Waals surface area contributed by atoms with E-state index in [0.29, 0.717) is 55.2 Å². The molecule has 0 radical (unpaired) electrons. The van der Waals surface area contributed by atoms with E-state index in [4.69, 9.17) is 37.6 Å². The van der Waals surface area contributed by atoms with Crippen molar-refractivity contribution in [3.05, 3.63) is 96.7 Å². The molecule has 0 bridgehead atoms. The largest absolute Gasteiger partial charge is 0.497 e. The summed E-state index contributed by atoms with van der Waals surface area (Å²) in [7, 11) is 2.01. The Labute approximate surface area is 406 Å². The number of benzene rings is 3. The molecule has 3 aliphatic heterocycles. The van der Waals surface area contributed by atoms with Gasteiger partial charge in [0.25, 0.3) is 11.8 Å². The number of allylic oxidation sites excluding steroid dienone is 1. The van der Waals surface area contributed by atoms with E-state index in [1.807, 2.05) is 29.2 Å². The first-order valence-corrected chi connectivity index (χ1v) is 26.3. The fourth-order valence-corrected chi connectivity index (χ4v) is 9.95. The molecule has 3 aromatic rings. The molecule has 1 aliphatic carbocycles. The maximum Gasteiger partial charge on any atom is 0.416 e. The van der Waals surface area contributed by atoms with Crippen LogP contribution in [0.2, 0.25) is 18.1 Å². The summed E-state index contributed by atoms with van der Waals surface area (Å²) in [6, 6.07) is 13.6. The van der Waals surface area contributed by atoms with E-state index in [0.717, 1.165) is 24.0 Å². The third-order valence-electron chi connectivity index (χ3n) is 13.7. The number of fused-ring (bicyclic) bond motifs is 3. The van der Waals surface area contributed by atoms with E-state index in [-0.39, 0.29) is 77.6 Å². The van der Waals surface area contributed by atoms with Crippen molar-refractivity contribution in [3.8, 4) is 28.7 Å². The van der Waals surface area contributed by atoms with Gasteiger partial charge in [0.15, 0.2) is 37.5 Å². The maximum absolute atomic E-state index is 14.7. The van der Waals surface area contributed by atoms with Gasteiger partial charge < -0.3 is 47.8 Å². The molecule has 2 fully saturated rings. The lowest BCUT2D eigenvalue weighted by molar-refractivity contribution is 0.0528. The molecule has 370 valence electrons. The van der Waals surface area contributed by atoms with Gasteiger partial charge >= 0.3 is 12.2 Å². The lowest BCUT2D eigenvalue weighted by Gasteiger charge is -2.44. The van der Waals surface area contributed by atoms with E-state index in [1.165, 1.54) is 42.2 Å².